The van der Waals surface area contributed by atoms with Gasteiger partial charge in [-0.25, -0.2) is 0 Å². The molecule has 2 heterocycles. The zero-order valence-corrected chi connectivity index (χ0v) is 12.9. The number of amides is 2. The van der Waals surface area contributed by atoms with E-state index in [0.717, 1.165) is 12.1 Å². The molecule has 2 aliphatic rings. The Labute approximate surface area is 128 Å². The topological polar surface area (TPSA) is 52.7 Å². The van der Waals surface area contributed by atoms with Crippen LogP contribution in [0.5, 0.6) is 0 Å². The van der Waals surface area contributed by atoms with Gasteiger partial charge >= 0.3 is 0 Å². The molecule has 6 heteroatoms. The summed E-state index contributed by atoms with van der Waals surface area (Å²) in [5.41, 5.74) is 0.758. The standard InChI is InChI=1S/C15H21N3O2S/c19-14(3-5-16-13-1-2-13)17-6-8-18(9-7-17)15(20)12-4-10-21-11-12/h4,10-11,13,16H,1-3,5-9H2. The highest BCUT2D eigenvalue weighted by atomic mass is 32.1. The molecule has 3 rings (SSSR count). The molecule has 1 N–H and O–H groups in total. The molecule has 1 aliphatic heterocycles. The molecule has 1 saturated heterocycles. The van der Waals surface area contributed by atoms with Crippen LogP contribution in [0.15, 0.2) is 16.8 Å². The maximum absolute atomic E-state index is 12.2. The fourth-order valence-electron chi connectivity index (χ4n) is 2.56. The molecule has 0 bridgehead atoms. The first-order chi connectivity index (χ1) is 10.2. The van der Waals surface area contributed by atoms with Crippen LogP contribution in [-0.4, -0.2) is 60.4 Å². The van der Waals surface area contributed by atoms with Gasteiger partial charge in [-0.2, -0.15) is 11.3 Å². The van der Waals surface area contributed by atoms with Gasteiger partial charge in [-0.3, -0.25) is 9.59 Å². The molecule has 0 radical (unpaired) electrons. The molecule has 0 atom stereocenters. The maximum Gasteiger partial charge on any atom is 0.254 e. The van der Waals surface area contributed by atoms with Crippen molar-refractivity contribution < 1.29 is 9.59 Å². The van der Waals surface area contributed by atoms with Gasteiger partial charge in [0.1, 0.15) is 0 Å². The summed E-state index contributed by atoms with van der Waals surface area (Å²) in [5, 5.41) is 7.16. The Balaban J connectivity index is 1.41. The van der Waals surface area contributed by atoms with Crippen molar-refractivity contribution >= 4 is 23.2 Å². The summed E-state index contributed by atoms with van der Waals surface area (Å²) in [7, 11) is 0. The van der Waals surface area contributed by atoms with Crippen LogP contribution in [0, 0.1) is 0 Å². The predicted octanol–water partition coefficient (Wildman–Crippen LogP) is 1.17. The number of nitrogens with one attached hydrogen (secondary N) is 1. The second kappa shape index (κ2) is 6.58. The van der Waals surface area contributed by atoms with E-state index >= 15 is 0 Å². The van der Waals surface area contributed by atoms with Crippen LogP contribution < -0.4 is 5.32 Å². The zero-order chi connectivity index (χ0) is 14.7. The molecule has 2 fully saturated rings. The lowest BCUT2D eigenvalue weighted by Gasteiger charge is -2.34. The van der Waals surface area contributed by atoms with E-state index in [1.807, 2.05) is 26.6 Å². The van der Waals surface area contributed by atoms with Crippen molar-refractivity contribution in [1.82, 2.24) is 15.1 Å². The largest absolute Gasteiger partial charge is 0.339 e. The van der Waals surface area contributed by atoms with E-state index in [4.69, 9.17) is 0 Å². The molecule has 1 aromatic heterocycles. The molecular formula is C15H21N3O2S. The highest BCUT2D eigenvalue weighted by Gasteiger charge is 2.25. The molecule has 0 unspecified atom stereocenters. The Morgan fingerprint density at radius 2 is 1.90 bits per heavy atom. The highest BCUT2D eigenvalue weighted by molar-refractivity contribution is 7.08. The molecule has 5 nitrogen and oxygen atoms in total. The third kappa shape index (κ3) is 3.83. The highest BCUT2D eigenvalue weighted by Crippen LogP contribution is 2.18. The monoisotopic (exact) mass is 307 g/mol. The number of carbonyl (C=O) groups is 2. The van der Waals surface area contributed by atoms with E-state index in [1.165, 1.54) is 24.2 Å². The number of rotatable bonds is 5. The smallest absolute Gasteiger partial charge is 0.254 e. The average molecular weight is 307 g/mol. The average Bonchev–Trinajstić information content (AvgIpc) is 3.17. The van der Waals surface area contributed by atoms with Gasteiger partial charge in [0.2, 0.25) is 5.91 Å². The number of nitrogens with zero attached hydrogens (tertiary/aromatic N) is 2. The second-order valence-corrected chi connectivity index (χ2v) is 6.44. The van der Waals surface area contributed by atoms with Crippen LogP contribution in [0.4, 0.5) is 0 Å². The lowest BCUT2D eigenvalue weighted by atomic mass is 10.2. The van der Waals surface area contributed by atoms with Gasteiger partial charge in [0.05, 0.1) is 5.56 Å². The predicted molar refractivity (Wildman–Crippen MR) is 82.4 cm³/mol. The van der Waals surface area contributed by atoms with Crippen LogP contribution in [0.3, 0.4) is 0 Å². The van der Waals surface area contributed by atoms with Crippen molar-refractivity contribution in [3.63, 3.8) is 0 Å². The van der Waals surface area contributed by atoms with Crippen molar-refractivity contribution in [1.29, 1.82) is 0 Å². The van der Waals surface area contributed by atoms with Gasteiger partial charge in [-0.1, -0.05) is 0 Å². The van der Waals surface area contributed by atoms with Crippen LogP contribution in [0.1, 0.15) is 29.6 Å². The van der Waals surface area contributed by atoms with Crippen molar-refractivity contribution in [2.75, 3.05) is 32.7 Å². The Bertz CT molecular complexity index is 491. The molecule has 114 valence electrons. The molecule has 1 aliphatic carbocycles. The van der Waals surface area contributed by atoms with Gasteiger partial charge in [0.25, 0.3) is 5.91 Å². The Kier molecular flexibility index (Phi) is 4.55. The van der Waals surface area contributed by atoms with Gasteiger partial charge in [-0.15, -0.1) is 0 Å². The summed E-state index contributed by atoms with van der Waals surface area (Å²) in [5.74, 6) is 0.282. The minimum atomic E-state index is 0.0822. The minimum absolute atomic E-state index is 0.0822. The SMILES string of the molecule is O=C(CCNC1CC1)N1CCN(C(=O)c2ccsc2)CC1. The molecule has 0 spiro atoms. The van der Waals surface area contributed by atoms with Crippen molar-refractivity contribution in [2.45, 2.75) is 25.3 Å². The van der Waals surface area contributed by atoms with E-state index in [2.05, 4.69) is 5.32 Å². The summed E-state index contributed by atoms with van der Waals surface area (Å²) >= 11 is 1.53. The number of carbonyl (C=O) groups excluding carboxylic acids is 2. The lowest BCUT2D eigenvalue weighted by molar-refractivity contribution is -0.132. The van der Waals surface area contributed by atoms with Crippen LogP contribution in [0.25, 0.3) is 0 Å². The van der Waals surface area contributed by atoms with E-state index < -0.39 is 0 Å². The van der Waals surface area contributed by atoms with Crippen molar-refractivity contribution in [3.8, 4) is 0 Å². The fraction of sp³-hybridized carbons (Fsp3) is 0.600. The summed E-state index contributed by atoms with van der Waals surface area (Å²) in [6.45, 7) is 3.35. The third-order valence-electron chi connectivity index (χ3n) is 4.04. The van der Waals surface area contributed by atoms with Gasteiger partial charge in [0, 0.05) is 50.6 Å². The van der Waals surface area contributed by atoms with Crippen molar-refractivity contribution in [3.05, 3.63) is 22.4 Å². The quantitative estimate of drug-likeness (QED) is 0.888. The number of hydrogen-bond donors (Lipinski definition) is 1. The molecular weight excluding hydrogens is 286 g/mol. The van der Waals surface area contributed by atoms with E-state index in [1.54, 1.807) is 0 Å². The summed E-state index contributed by atoms with van der Waals surface area (Å²) < 4.78 is 0. The summed E-state index contributed by atoms with van der Waals surface area (Å²) in [4.78, 5) is 28.0. The lowest BCUT2D eigenvalue weighted by Crippen LogP contribution is -2.50. The van der Waals surface area contributed by atoms with E-state index in [0.29, 0.717) is 38.6 Å². The van der Waals surface area contributed by atoms with Crippen LogP contribution >= 0.6 is 11.3 Å². The first-order valence-corrected chi connectivity index (χ1v) is 8.51. The molecule has 2 amide bonds. The van der Waals surface area contributed by atoms with Crippen molar-refractivity contribution in [2.24, 2.45) is 0 Å². The Hall–Kier alpha value is -1.40. The molecule has 21 heavy (non-hydrogen) atoms. The first-order valence-electron chi connectivity index (χ1n) is 7.56. The summed E-state index contributed by atoms with van der Waals surface area (Å²) in [6, 6.07) is 2.51. The zero-order valence-electron chi connectivity index (χ0n) is 12.1. The summed E-state index contributed by atoms with van der Waals surface area (Å²) in [6.07, 6.45) is 3.06. The van der Waals surface area contributed by atoms with Crippen LogP contribution in [0.2, 0.25) is 0 Å². The minimum Gasteiger partial charge on any atom is -0.339 e. The Morgan fingerprint density at radius 1 is 1.19 bits per heavy atom. The Morgan fingerprint density at radius 3 is 2.52 bits per heavy atom. The normalized spacial score (nSPS) is 18.9. The van der Waals surface area contributed by atoms with Gasteiger partial charge in [0.15, 0.2) is 0 Å². The van der Waals surface area contributed by atoms with E-state index in [-0.39, 0.29) is 11.8 Å². The van der Waals surface area contributed by atoms with Crippen LogP contribution in [-0.2, 0) is 4.79 Å². The van der Waals surface area contributed by atoms with Gasteiger partial charge in [-0.05, 0) is 24.3 Å². The van der Waals surface area contributed by atoms with Gasteiger partial charge < -0.3 is 15.1 Å². The van der Waals surface area contributed by atoms with E-state index in [9.17, 15) is 9.59 Å². The number of hydrogen-bond acceptors (Lipinski definition) is 4. The number of thiophene rings is 1. The molecule has 0 aromatic carbocycles. The molecule has 1 aromatic rings. The number of piperazine rings is 1. The molecule has 1 saturated carbocycles. The first kappa shape index (κ1) is 14.5. The second-order valence-electron chi connectivity index (χ2n) is 5.66. The maximum atomic E-state index is 12.2. The third-order valence-corrected chi connectivity index (χ3v) is 4.72. The fourth-order valence-corrected chi connectivity index (χ4v) is 3.19.